The number of para-hydroxylation sites is 2. The van der Waals surface area contributed by atoms with Crippen LogP contribution in [-0.4, -0.2) is 28.5 Å². The number of hydrogen-bond donors (Lipinski definition) is 1. The highest BCUT2D eigenvalue weighted by molar-refractivity contribution is 6.09. The van der Waals surface area contributed by atoms with Crippen molar-refractivity contribution in [1.29, 1.82) is 0 Å². The summed E-state index contributed by atoms with van der Waals surface area (Å²) in [6, 6.07) is 15.5. The fraction of sp³-hybridized carbons (Fsp3) is 0.333. The quantitative estimate of drug-likeness (QED) is 0.652. The standard InChI is InChI=1S/C24H26N4O3/c1-15(2)23(17-9-5-4-8-16(17)3)24-26-21(31-27-24)12-13-22(30)28-14-20(29)25-18-10-6-7-11-19(18)28/h4-11,15,23H,12-14H2,1-3H3,(H,25,29). The van der Waals surface area contributed by atoms with Gasteiger partial charge in [0, 0.05) is 12.8 Å². The number of hydrogen-bond acceptors (Lipinski definition) is 5. The van der Waals surface area contributed by atoms with Crippen LogP contribution in [0.5, 0.6) is 0 Å². The number of carbonyl (C=O) groups is 2. The monoisotopic (exact) mass is 418 g/mol. The van der Waals surface area contributed by atoms with E-state index in [1.165, 1.54) is 16.0 Å². The van der Waals surface area contributed by atoms with Crippen molar-refractivity contribution in [2.24, 2.45) is 5.92 Å². The maximum absolute atomic E-state index is 12.9. The minimum absolute atomic E-state index is 0.00758. The van der Waals surface area contributed by atoms with Crippen LogP contribution >= 0.6 is 0 Å². The molecule has 31 heavy (non-hydrogen) atoms. The van der Waals surface area contributed by atoms with E-state index in [1.54, 1.807) is 6.07 Å². The predicted octanol–water partition coefficient (Wildman–Crippen LogP) is 4.08. The van der Waals surface area contributed by atoms with E-state index in [0.717, 1.165) is 0 Å². The topological polar surface area (TPSA) is 88.3 Å². The second kappa shape index (κ2) is 8.71. The molecule has 1 aliphatic rings. The van der Waals surface area contributed by atoms with Crippen molar-refractivity contribution in [3.05, 3.63) is 71.4 Å². The third-order valence-electron chi connectivity index (χ3n) is 5.58. The van der Waals surface area contributed by atoms with E-state index in [2.05, 4.69) is 48.4 Å². The van der Waals surface area contributed by atoms with Crippen LogP contribution in [0.1, 0.15) is 49.0 Å². The Morgan fingerprint density at radius 2 is 1.90 bits per heavy atom. The molecule has 7 nitrogen and oxygen atoms in total. The van der Waals surface area contributed by atoms with Crippen molar-refractivity contribution < 1.29 is 14.1 Å². The lowest BCUT2D eigenvalue weighted by Gasteiger charge is -2.29. The van der Waals surface area contributed by atoms with Gasteiger partial charge in [-0.1, -0.05) is 55.4 Å². The summed E-state index contributed by atoms with van der Waals surface area (Å²) in [7, 11) is 0. The zero-order chi connectivity index (χ0) is 22.0. The largest absolute Gasteiger partial charge is 0.339 e. The van der Waals surface area contributed by atoms with Crippen molar-refractivity contribution in [2.45, 2.75) is 39.5 Å². The average Bonchev–Trinajstić information content (AvgIpc) is 3.21. The maximum Gasteiger partial charge on any atom is 0.244 e. The molecule has 1 N–H and O–H groups in total. The fourth-order valence-corrected chi connectivity index (χ4v) is 4.03. The van der Waals surface area contributed by atoms with Crippen molar-refractivity contribution in [1.82, 2.24) is 10.1 Å². The van der Waals surface area contributed by atoms with Crippen molar-refractivity contribution in [2.75, 3.05) is 16.8 Å². The van der Waals surface area contributed by atoms with Gasteiger partial charge < -0.3 is 14.7 Å². The summed E-state index contributed by atoms with van der Waals surface area (Å²) in [4.78, 5) is 30.9. The zero-order valence-electron chi connectivity index (χ0n) is 18.0. The molecule has 2 aromatic carbocycles. The first kappa shape index (κ1) is 20.8. The number of benzene rings is 2. The van der Waals surface area contributed by atoms with E-state index in [4.69, 9.17) is 4.52 Å². The molecule has 3 aromatic rings. The van der Waals surface area contributed by atoms with E-state index in [0.29, 0.717) is 29.5 Å². The Kier molecular flexibility index (Phi) is 5.84. The molecule has 0 saturated carbocycles. The number of nitrogens with one attached hydrogen (secondary N) is 1. The molecule has 2 heterocycles. The molecule has 2 amide bonds. The molecule has 0 bridgehead atoms. The molecular formula is C24H26N4O3. The van der Waals surface area contributed by atoms with E-state index in [-0.39, 0.29) is 36.6 Å². The lowest BCUT2D eigenvalue weighted by atomic mass is 9.85. The average molecular weight is 418 g/mol. The number of rotatable bonds is 6. The van der Waals surface area contributed by atoms with Crippen LogP contribution in [-0.2, 0) is 16.0 Å². The number of nitrogens with zero attached hydrogens (tertiary/aromatic N) is 3. The molecule has 0 fully saturated rings. The Morgan fingerprint density at radius 1 is 1.16 bits per heavy atom. The molecule has 0 saturated heterocycles. The number of aromatic nitrogens is 2. The SMILES string of the molecule is Cc1ccccc1C(c1noc(CCC(=O)N2CC(=O)Nc3ccccc32)n1)C(C)C. The molecule has 1 aromatic heterocycles. The molecule has 0 aliphatic carbocycles. The number of carbonyl (C=O) groups excluding carboxylic acids is 2. The van der Waals surface area contributed by atoms with Crippen molar-refractivity contribution >= 4 is 23.2 Å². The molecular weight excluding hydrogens is 392 g/mol. The molecule has 0 radical (unpaired) electrons. The lowest BCUT2D eigenvalue weighted by molar-refractivity contribution is -0.121. The van der Waals surface area contributed by atoms with Gasteiger partial charge in [0.15, 0.2) is 5.82 Å². The second-order valence-corrected chi connectivity index (χ2v) is 8.17. The van der Waals surface area contributed by atoms with Gasteiger partial charge in [0.05, 0.1) is 17.3 Å². The highest BCUT2D eigenvalue weighted by Crippen LogP contribution is 2.32. The normalized spacial score (nSPS) is 14.3. The zero-order valence-corrected chi connectivity index (χ0v) is 18.0. The smallest absolute Gasteiger partial charge is 0.244 e. The maximum atomic E-state index is 12.9. The first-order chi connectivity index (χ1) is 14.9. The Hall–Kier alpha value is -3.48. The second-order valence-electron chi connectivity index (χ2n) is 8.17. The van der Waals surface area contributed by atoms with Crippen LogP contribution in [0.4, 0.5) is 11.4 Å². The highest BCUT2D eigenvalue weighted by atomic mass is 16.5. The van der Waals surface area contributed by atoms with Crippen molar-refractivity contribution in [3.8, 4) is 0 Å². The van der Waals surface area contributed by atoms with Gasteiger partial charge in [0.2, 0.25) is 17.7 Å². The Bertz CT molecular complexity index is 1110. The molecule has 1 aliphatic heterocycles. The minimum Gasteiger partial charge on any atom is -0.339 e. The van der Waals surface area contributed by atoms with Crippen LogP contribution in [0, 0.1) is 12.8 Å². The Labute approximate surface area is 181 Å². The summed E-state index contributed by atoms with van der Waals surface area (Å²) in [6.45, 7) is 6.36. The molecule has 1 atom stereocenters. The number of amides is 2. The summed E-state index contributed by atoms with van der Waals surface area (Å²) >= 11 is 0. The number of anilines is 2. The van der Waals surface area contributed by atoms with Gasteiger partial charge in [0.1, 0.15) is 6.54 Å². The summed E-state index contributed by atoms with van der Waals surface area (Å²) in [6.07, 6.45) is 0.505. The summed E-state index contributed by atoms with van der Waals surface area (Å²) in [5.74, 6) is 1.02. The number of aryl methyl sites for hydroxylation is 2. The molecule has 0 spiro atoms. The van der Waals surface area contributed by atoms with E-state index in [1.807, 2.05) is 30.3 Å². The van der Waals surface area contributed by atoms with E-state index >= 15 is 0 Å². The molecule has 7 heteroatoms. The first-order valence-corrected chi connectivity index (χ1v) is 10.5. The summed E-state index contributed by atoms with van der Waals surface area (Å²) in [5.41, 5.74) is 3.71. The van der Waals surface area contributed by atoms with Gasteiger partial charge in [-0.15, -0.1) is 0 Å². The molecule has 1 unspecified atom stereocenters. The van der Waals surface area contributed by atoms with Gasteiger partial charge in [0.25, 0.3) is 0 Å². The first-order valence-electron chi connectivity index (χ1n) is 10.5. The van der Waals surface area contributed by atoms with Crippen LogP contribution in [0.25, 0.3) is 0 Å². The summed E-state index contributed by atoms with van der Waals surface area (Å²) in [5, 5.41) is 7.01. The van der Waals surface area contributed by atoms with Gasteiger partial charge in [-0.3, -0.25) is 9.59 Å². The van der Waals surface area contributed by atoms with Gasteiger partial charge in [-0.2, -0.15) is 4.98 Å². The van der Waals surface area contributed by atoms with E-state index in [9.17, 15) is 9.59 Å². The minimum atomic E-state index is -0.204. The van der Waals surface area contributed by atoms with Gasteiger partial charge in [-0.25, -0.2) is 0 Å². The van der Waals surface area contributed by atoms with Gasteiger partial charge in [-0.05, 0) is 36.1 Å². The number of fused-ring (bicyclic) bond motifs is 1. The molecule has 4 rings (SSSR count). The van der Waals surface area contributed by atoms with Crippen molar-refractivity contribution in [3.63, 3.8) is 0 Å². The third-order valence-corrected chi connectivity index (χ3v) is 5.58. The van der Waals surface area contributed by atoms with Crippen LogP contribution in [0.15, 0.2) is 53.1 Å². The van der Waals surface area contributed by atoms with E-state index < -0.39 is 0 Å². The lowest BCUT2D eigenvalue weighted by Crippen LogP contribution is -2.42. The van der Waals surface area contributed by atoms with Crippen LogP contribution in [0.2, 0.25) is 0 Å². The third kappa shape index (κ3) is 4.35. The molecule has 160 valence electrons. The van der Waals surface area contributed by atoms with Gasteiger partial charge >= 0.3 is 0 Å². The fourth-order valence-electron chi connectivity index (χ4n) is 4.03. The van der Waals surface area contributed by atoms with Crippen LogP contribution in [0.3, 0.4) is 0 Å². The highest BCUT2D eigenvalue weighted by Gasteiger charge is 2.28. The van der Waals surface area contributed by atoms with Crippen LogP contribution < -0.4 is 10.2 Å². The Morgan fingerprint density at radius 3 is 2.68 bits per heavy atom. The summed E-state index contributed by atoms with van der Waals surface area (Å²) < 4.78 is 5.47. The Balaban J connectivity index is 1.48. The predicted molar refractivity (Wildman–Crippen MR) is 118 cm³/mol.